The van der Waals surface area contributed by atoms with Crippen molar-refractivity contribution in [3.05, 3.63) is 35.6 Å². The van der Waals surface area contributed by atoms with E-state index in [1.54, 1.807) is 6.07 Å². The van der Waals surface area contributed by atoms with Crippen LogP contribution in [0.25, 0.3) is 0 Å². The molecule has 21 heavy (non-hydrogen) atoms. The van der Waals surface area contributed by atoms with E-state index in [-0.39, 0.29) is 18.5 Å². The van der Waals surface area contributed by atoms with Crippen LogP contribution in [-0.4, -0.2) is 42.3 Å². The van der Waals surface area contributed by atoms with E-state index in [0.29, 0.717) is 12.6 Å². The summed E-state index contributed by atoms with van der Waals surface area (Å²) in [5, 5.41) is 12.6. The van der Waals surface area contributed by atoms with E-state index in [2.05, 4.69) is 31.0 Å². The van der Waals surface area contributed by atoms with Crippen molar-refractivity contribution in [2.24, 2.45) is 0 Å². The van der Waals surface area contributed by atoms with E-state index in [1.807, 2.05) is 12.1 Å². The predicted octanol–water partition coefficient (Wildman–Crippen LogP) is 2.96. The quantitative estimate of drug-likeness (QED) is 0.697. The second kappa shape index (κ2) is 9.87. The molecule has 0 amide bonds. The van der Waals surface area contributed by atoms with E-state index in [0.717, 1.165) is 31.5 Å². The van der Waals surface area contributed by atoms with Crippen LogP contribution in [0.2, 0.25) is 0 Å². The highest BCUT2D eigenvalue weighted by molar-refractivity contribution is 5.21. The Morgan fingerprint density at radius 3 is 2.52 bits per heavy atom. The molecule has 1 aromatic rings. The molecule has 0 radical (unpaired) electrons. The summed E-state index contributed by atoms with van der Waals surface area (Å²) in [4.78, 5) is 2.22. The predicted molar refractivity (Wildman–Crippen MR) is 85.8 cm³/mol. The molecule has 0 aliphatic rings. The van der Waals surface area contributed by atoms with Gasteiger partial charge in [-0.1, -0.05) is 25.1 Å². The summed E-state index contributed by atoms with van der Waals surface area (Å²) in [6.45, 7) is 8.88. The Labute approximate surface area is 128 Å². The zero-order valence-corrected chi connectivity index (χ0v) is 13.5. The fourth-order valence-corrected chi connectivity index (χ4v) is 2.50. The van der Waals surface area contributed by atoms with Crippen molar-refractivity contribution in [2.45, 2.75) is 45.7 Å². The normalized spacial score (nSPS) is 13.1. The summed E-state index contributed by atoms with van der Waals surface area (Å²) >= 11 is 0. The Hall–Kier alpha value is -0.970. The molecule has 1 rings (SSSR count). The number of nitrogens with one attached hydrogen (secondary N) is 1. The van der Waals surface area contributed by atoms with Gasteiger partial charge in [0.1, 0.15) is 5.82 Å². The number of hydrogen-bond donors (Lipinski definition) is 2. The first-order chi connectivity index (χ1) is 10.1. The highest BCUT2D eigenvalue weighted by atomic mass is 19.1. The van der Waals surface area contributed by atoms with Crippen molar-refractivity contribution >= 4 is 0 Å². The minimum absolute atomic E-state index is 0.0195. The molecule has 0 aromatic heterocycles. The lowest BCUT2D eigenvalue weighted by atomic mass is 10.0. The first kappa shape index (κ1) is 18.1. The Balaban J connectivity index is 2.72. The third-order valence-corrected chi connectivity index (χ3v) is 3.74. The molecule has 3 nitrogen and oxygen atoms in total. The lowest BCUT2D eigenvalue weighted by Gasteiger charge is -2.28. The standard InChI is InChI=1S/C17H29FN2O/c1-4-10-19-17(15-7-5-6-8-16(15)18)9-11-20(12-13-21)14(2)3/h5-8,14,17,19,21H,4,9-13H2,1-3H3. The summed E-state index contributed by atoms with van der Waals surface area (Å²) < 4.78 is 14.0. The van der Waals surface area contributed by atoms with Gasteiger partial charge in [-0.3, -0.25) is 4.90 Å². The average molecular weight is 296 g/mol. The number of rotatable bonds is 10. The molecular weight excluding hydrogens is 267 g/mol. The lowest BCUT2D eigenvalue weighted by molar-refractivity contribution is 0.159. The van der Waals surface area contributed by atoms with Crippen molar-refractivity contribution in [3.63, 3.8) is 0 Å². The topological polar surface area (TPSA) is 35.5 Å². The van der Waals surface area contributed by atoms with Crippen LogP contribution in [0.1, 0.15) is 45.2 Å². The molecule has 0 fully saturated rings. The van der Waals surface area contributed by atoms with Gasteiger partial charge in [-0.15, -0.1) is 0 Å². The first-order valence-electron chi connectivity index (χ1n) is 7.92. The third kappa shape index (κ3) is 6.12. The molecule has 0 heterocycles. The Kier molecular flexibility index (Phi) is 8.50. The van der Waals surface area contributed by atoms with Gasteiger partial charge in [-0.05, 0) is 39.3 Å². The number of hydrogen-bond acceptors (Lipinski definition) is 3. The van der Waals surface area contributed by atoms with Gasteiger partial charge in [0.05, 0.1) is 6.61 Å². The molecule has 120 valence electrons. The van der Waals surface area contributed by atoms with Crippen LogP contribution in [-0.2, 0) is 0 Å². The molecule has 1 unspecified atom stereocenters. The fourth-order valence-electron chi connectivity index (χ4n) is 2.50. The summed E-state index contributed by atoms with van der Waals surface area (Å²) in [7, 11) is 0. The summed E-state index contributed by atoms with van der Waals surface area (Å²) in [6, 6.07) is 7.38. The molecule has 1 atom stereocenters. The SMILES string of the molecule is CCCNC(CCN(CCO)C(C)C)c1ccccc1F. The van der Waals surface area contributed by atoms with Gasteiger partial charge in [-0.2, -0.15) is 0 Å². The van der Waals surface area contributed by atoms with Crippen LogP contribution in [0, 0.1) is 5.82 Å². The molecule has 0 spiro atoms. The minimum Gasteiger partial charge on any atom is -0.395 e. The van der Waals surface area contributed by atoms with Crippen LogP contribution in [0.15, 0.2) is 24.3 Å². The molecule has 0 saturated heterocycles. The van der Waals surface area contributed by atoms with Gasteiger partial charge < -0.3 is 10.4 Å². The van der Waals surface area contributed by atoms with Gasteiger partial charge >= 0.3 is 0 Å². The third-order valence-electron chi connectivity index (χ3n) is 3.74. The van der Waals surface area contributed by atoms with Crippen LogP contribution in [0.3, 0.4) is 0 Å². The Bertz CT molecular complexity index is 398. The van der Waals surface area contributed by atoms with Gasteiger partial charge in [0.2, 0.25) is 0 Å². The zero-order chi connectivity index (χ0) is 15.7. The van der Waals surface area contributed by atoms with Crippen LogP contribution < -0.4 is 5.32 Å². The maximum absolute atomic E-state index is 14.0. The van der Waals surface area contributed by atoms with E-state index >= 15 is 0 Å². The van der Waals surface area contributed by atoms with Gasteiger partial charge in [0.25, 0.3) is 0 Å². The molecular formula is C17H29FN2O. The van der Waals surface area contributed by atoms with Crippen molar-refractivity contribution in [1.29, 1.82) is 0 Å². The molecule has 0 aliphatic heterocycles. The average Bonchev–Trinajstić information content (AvgIpc) is 2.47. The molecule has 4 heteroatoms. The molecule has 0 saturated carbocycles. The van der Waals surface area contributed by atoms with Crippen LogP contribution in [0.4, 0.5) is 4.39 Å². The van der Waals surface area contributed by atoms with Crippen molar-refractivity contribution < 1.29 is 9.50 Å². The van der Waals surface area contributed by atoms with Crippen LogP contribution in [0.5, 0.6) is 0 Å². The zero-order valence-electron chi connectivity index (χ0n) is 13.5. The number of aliphatic hydroxyl groups is 1. The Morgan fingerprint density at radius 1 is 1.24 bits per heavy atom. The van der Waals surface area contributed by atoms with E-state index < -0.39 is 0 Å². The fraction of sp³-hybridized carbons (Fsp3) is 0.647. The summed E-state index contributed by atoms with van der Waals surface area (Å²) in [6.07, 6.45) is 1.86. The van der Waals surface area contributed by atoms with E-state index in [4.69, 9.17) is 5.11 Å². The number of benzene rings is 1. The maximum atomic E-state index is 14.0. The van der Waals surface area contributed by atoms with Gasteiger partial charge in [0.15, 0.2) is 0 Å². The largest absolute Gasteiger partial charge is 0.395 e. The van der Waals surface area contributed by atoms with Crippen molar-refractivity contribution in [1.82, 2.24) is 10.2 Å². The maximum Gasteiger partial charge on any atom is 0.127 e. The second-order valence-corrected chi connectivity index (χ2v) is 5.67. The molecule has 2 N–H and O–H groups in total. The Morgan fingerprint density at radius 2 is 1.95 bits per heavy atom. The smallest absolute Gasteiger partial charge is 0.127 e. The van der Waals surface area contributed by atoms with Gasteiger partial charge in [-0.25, -0.2) is 4.39 Å². The highest BCUT2D eigenvalue weighted by Gasteiger charge is 2.17. The number of aliphatic hydroxyl groups excluding tert-OH is 1. The van der Waals surface area contributed by atoms with Crippen molar-refractivity contribution in [2.75, 3.05) is 26.2 Å². The second-order valence-electron chi connectivity index (χ2n) is 5.67. The molecule has 0 aliphatic carbocycles. The van der Waals surface area contributed by atoms with E-state index in [1.165, 1.54) is 6.07 Å². The summed E-state index contributed by atoms with van der Waals surface area (Å²) in [5.74, 6) is -0.149. The first-order valence-corrected chi connectivity index (χ1v) is 7.92. The van der Waals surface area contributed by atoms with Crippen LogP contribution >= 0.6 is 0 Å². The minimum atomic E-state index is -0.149. The van der Waals surface area contributed by atoms with E-state index in [9.17, 15) is 4.39 Å². The lowest BCUT2D eigenvalue weighted by Crippen LogP contribution is -2.36. The molecule has 1 aromatic carbocycles. The summed E-state index contributed by atoms with van der Waals surface area (Å²) in [5.41, 5.74) is 0.735. The van der Waals surface area contributed by atoms with Crippen molar-refractivity contribution in [3.8, 4) is 0 Å². The number of halogens is 1. The number of nitrogens with zero attached hydrogens (tertiary/aromatic N) is 1. The molecule has 0 bridgehead atoms. The van der Waals surface area contributed by atoms with Gasteiger partial charge in [0, 0.05) is 30.7 Å². The monoisotopic (exact) mass is 296 g/mol. The highest BCUT2D eigenvalue weighted by Crippen LogP contribution is 2.21.